The number of aryl methyl sites for hydroxylation is 1. The molecule has 0 amide bonds. The molecule has 0 aromatic carbocycles. The minimum absolute atomic E-state index is 0.514. The van der Waals surface area contributed by atoms with E-state index in [1.54, 1.807) is 12.4 Å². The quantitative estimate of drug-likeness (QED) is 0.830. The molecule has 2 heterocycles. The Hall–Kier alpha value is -1.06. The fourth-order valence-electron chi connectivity index (χ4n) is 2.21. The Morgan fingerprint density at radius 2 is 1.79 bits per heavy atom. The third-order valence-corrected chi connectivity index (χ3v) is 3.81. The number of pyridine rings is 1. The molecule has 0 unspecified atom stereocenters. The number of halogens is 2. The van der Waals surface area contributed by atoms with Gasteiger partial charge in [0.15, 0.2) is 0 Å². The molecule has 0 aliphatic rings. The van der Waals surface area contributed by atoms with Crippen LogP contribution in [0.3, 0.4) is 0 Å². The second-order valence-corrected chi connectivity index (χ2v) is 5.43. The first-order chi connectivity index (χ1) is 9.06. The third-order valence-electron chi connectivity index (χ3n) is 3.26. The first kappa shape index (κ1) is 14.4. The summed E-state index contributed by atoms with van der Waals surface area (Å²) in [4.78, 5) is 3.97. The second-order valence-electron chi connectivity index (χ2n) is 4.62. The third kappa shape index (κ3) is 2.77. The van der Waals surface area contributed by atoms with Crippen molar-refractivity contribution in [2.45, 2.75) is 40.0 Å². The van der Waals surface area contributed by atoms with Crippen molar-refractivity contribution in [3.05, 3.63) is 39.4 Å². The summed E-state index contributed by atoms with van der Waals surface area (Å²) in [6.07, 6.45) is 6.54. The van der Waals surface area contributed by atoms with Gasteiger partial charge in [-0.05, 0) is 32.3 Å². The van der Waals surface area contributed by atoms with Gasteiger partial charge in [-0.2, -0.15) is 5.10 Å². The minimum atomic E-state index is 0.514. The van der Waals surface area contributed by atoms with Crippen LogP contribution >= 0.6 is 23.2 Å². The van der Waals surface area contributed by atoms with Crippen molar-refractivity contribution in [3.63, 3.8) is 0 Å². The lowest BCUT2D eigenvalue weighted by molar-refractivity contribution is 0.785. The zero-order valence-corrected chi connectivity index (χ0v) is 12.9. The summed E-state index contributed by atoms with van der Waals surface area (Å²) in [5, 5.41) is 5.60. The van der Waals surface area contributed by atoms with E-state index in [9.17, 15) is 0 Å². The fraction of sp³-hybridized carbons (Fsp3) is 0.429. The van der Waals surface area contributed by atoms with Crippen molar-refractivity contribution in [3.8, 4) is 5.69 Å². The van der Waals surface area contributed by atoms with E-state index in [2.05, 4.69) is 23.9 Å². The van der Waals surface area contributed by atoms with Crippen molar-refractivity contribution in [1.82, 2.24) is 14.8 Å². The molecule has 0 aliphatic carbocycles. The molecule has 0 spiro atoms. The highest BCUT2D eigenvalue weighted by Crippen LogP contribution is 2.29. The molecule has 102 valence electrons. The van der Waals surface area contributed by atoms with E-state index in [4.69, 9.17) is 23.2 Å². The van der Waals surface area contributed by atoms with Crippen LogP contribution in [0.2, 0.25) is 10.0 Å². The molecule has 0 atom stereocenters. The van der Waals surface area contributed by atoms with E-state index in [-0.39, 0.29) is 0 Å². The fourth-order valence-corrected chi connectivity index (χ4v) is 2.74. The Balaban J connectivity index is 2.52. The first-order valence-electron chi connectivity index (χ1n) is 6.40. The Bertz CT molecular complexity index is 570. The molecule has 19 heavy (non-hydrogen) atoms. The van der Waals surface area contributed by atoms with Crippen LogP contribution in [0.4, 0.5) is 0 Å². The van der Waals surface area contributed by atoms with Crippen molar-refractivity contribution < 1.29 is 0 Å². The van der Waals surface area contributed by atoms with E-state index in [0.29, 0.717) is 15.7 Å². The van der Waals surface area contributed by atoms with Crippen LogP contribution < -0.4 is 0 Å². The van der Waals surface area contributed by atoms with Gasteiger partial charge < -0.3 is 0 Å². The van der Waals surface area contributed by atoms with Crippen molar-refractivity contribution in [1.29, 1.82) is 0 Å². The molecule has 0 aliphatic heterocycles. The van der Waals surface area contributed by atoms with Crippen LogP contribution in [0, 0.1) is 13.8 Å². The minimum Gasteiger partial charge on any atom is -0.261 e. The van der Waals surface area contributed by atoms with Gasteiger partial charge in [-0.15, -0.1) is 0 Å². The van der Waals surface area contributed by atoms with Crippen LogP contribution in [0.25, 0.3) is 5.69 Å². The maximum Gasteiger partial charge on any atom is 0.105 e. The Kier molecular flexibility index (Phi) is 4.48. The molecular weight excluding hydrogens is 281 g/mol. The molecule has 2 aromatic rings. The van der Waals surface area contributed by atoms with Gasteiger partial charge in [0, 0.05) is 18.1 Å². The summed E-state index contributed by atoms with van der Waals surface area (Å²) in [6.45, 7) is 6.27. The van der Waals surface area contributed by atoms with Gasteiger partial charge in [-0.25, -0.2) is 4.68 Å². The maximum absolute atomic E-state index is 6.19. The second kappa shape index (κ2) is 5.93. The lowest BCUT2D eigenvalue weighted by Gasteiger charge is -2.09. The SMILES string of the molecule is CCCCc1c(C)nn(-c2c(Cl)cncc2Cl)c1C. The van der Waals surface area contributed by atoms with Gasteiger partial charge in [0.05, 0.1) is 15.7 Å². The first-order valence-corrected chi connectivity index (χ1v) is 7.16. The van der Waals surface area contributed by atoms with Crippen LogP contribution in [0.5, 0.6) is 0 Å². The smallest absolute Gasteiger partial charge is 0.105 e. The van der Waals surface area contributed by atoms with E-state index in [1.807, 2.05) is 11.6 Å². The van der Waals surface area contributed by atoms with Crippen molar-refractivity contribution in [2.75, 3.05) is 0 Å². The normalized spacial score (nSPS) is 11.0. The predicted molar refractivity (Wildman–Crippen MR) is 79.5 cm³/mol. The molecule has 3 nitrogen and oxygen atoms in total. The van der Waals surface area contributed by atoms with Gasteiger partial charge in [0.25, 0.3) is 0 Å². The van der Waals surface area contributed by atoms with Crippen molar-refractivity contribution in [2.24, 2.45) is 0 Å². The highest BCUT2D eigenvalue weighted by molar-refractivity contribution is 6.37. The van der Waals surface area contributed by atoms with Crippen LogP contribution in [-0.4, -0.2) is 14.8 Å². The van der Waals surface area contributed by atoms with Gasteiger partial charge in [0.2, 0.25) is 0 Å². The van der Waals surface area contributed by atoms with Crippen molar-refractivity contribution >= 4 is 23.2 Å². The lowest BCUT2D eigenvalue weighted by Crippen LogP contribution is -2.02. The average molecular weight is 298 g/mol. The van der Waals surface area contributed by atoms with E-state index < -0.39 is 0 Å². The summed E-state index contributed by atoms with van der Waals surface area (Å²) in [5.74, 6) is 0. The Morgan fingerprint density at radius 1 is 1.16 bits per heavy atom. The Labute approximate surface area is 123 Å². The van der Waals surface area contributed by atoms with Gasteiger partial charge in [-0.3, -0.25) is 4.98 Å². The summed E-state index contributed by atoms with van der Waals surface area (Å²) < 4.78 is 1.83. The average Bonchev–Trinajstić information content (AvgIpc) is 2.63. The van der Waals surface area contributed by atoms with E-state index >= 15 is 0 Å². The van der Waals surface area contributed by atoms with Gasteiger partial charge in [0.1, 0.15) is 5.69 Å². The molecular formula is C14H17Cl2N3. The predicted octanol–water partition coefficient (Wildman–Crippen LogP) is 4.53. The van der Waals surface area contributed by atoms with Crippen LogP contribution in [0.15, 0.2) is 12.4 Å². The molecule has 0 radical (unpaired) electrons. The van der Waals surface area contributed by atoms with Gasteiger partial charge in [-0.1, -0.05) is 36.5 Å². The largest absolute Gasteiger partial charge is 0.261 e. The van der Waals surface area contributed by atoms with Crippen LogP contribution in [0.1, 0.15) is 36.7 Å². The molecule has 0 saturated carbocycles. The van der Waals surface area contributed by atoms with Gasteiger partial charge >= 0.3 is 0 Å². The molecule has 0 N–H and O–H groups in total. The lowest BCUT2D eigenvalue weighted by atomic mass is 10.1. The molecule has 5 heteroatoms. The highest BCUT2D eigenvalue weighted by Gasteiger charge is 2.16. The number of unbranched alkanes of at least 4 members (excludes halogenated alkanes) is 1. The zero-order valence-electron chi connectivity index (χ0n) is 11.4. The van der Waals surface area contributed by atoms with E-state index in [1.165, 1.54) is 12.0 Å². The standard InChI is InChI=1S/C14H17Cl2N3/c1-4-5-6-11-9(2)18-19(10(11)3)14-12(15)7-17-8-13(14)16/h7-8H,4-6H2,1-3H3. The van der Waals surface area contributed by atoms with E-state index in [0.717, 1.165) is 24.2 Å². The summed E-state index contributed by atoms with van der Waals surface area (Å²) >= 11 is 12.4. The molecule has 2 rings (SSSR count). The topological polar surface area (TPSA) is 30.7 Å². The molecule has 0 saturated heterocycles. The number of nitrogens with zero attached hydrogens (tertiary/aromatic N) is 3. The number of hydrogen-bond donors (Lipinski definition) is 0. The monoisotopic (exact) mass is 297 g/mol. The number of hydrogen-bond acceptors (Lipinski definition) is 2. The maximum atomic E-state index is 6.19. The number of aromatic nitrogens is 3. The zero-order chi connectivity index (χ0) is 14.0. The highest BCUT2D eigenvalue weighted by atomic mass is 35.5. The summed E-state index contributed by atoms with van der Waals surface area (Å²) in [5.41, 5.74) is 4.13. The molecule has 2 aromatic heterocycles. The number of rotatable bonds is 4. The van der Waals surface area contributed by atoms with Crippen LogP contribution in [-0.2, 0) is 6.42 Å². The molecule has 0 bridgehead atoms. The summed E-state index contributed by atoms with van der Waals surface area (Å²) in [6, 6.07) is 0. The Morgan fingerprint density at radius 3 is 2.37 bits per heavy atom. The summed E-state index contributed by atoms with van der Waals surface area (Å²) in [7, 11) is 0. The molecule has 0 fully saturated rings.